The van der Waals surface area contributed by atoms with E-state index in [1.807, 2.05) is 0 Å². The molecule has 0 spiro atoms. The van der Waals surface area contributed by atoms with Gasteiger partial charge >= 0.3 is 0 Å². The van der Waals surface area contributed by atoms with Crippen LogP contribution in [0, 0.1) is 6.92 Å². The summed E-state index contributed by atoms with van der Waals surface area (Å²) in [6.07, 6.45) is 0.753. The Morgan fingerprint density at radius 1 is 1.11 bits per heavy atom. The van der Waals surface area contributed by atoms with Crippen LogP contribution in [0.25, 0.3) is 11.1 Å². The fourth-order valence-electron chi connectivity index (χ4n) is 2.07. The Hall–Kier alpha value is -2.33. The van der Waals surface area contributed by atoms with Gasteiger partial charge < -0.3 is 15.3 Å². The normalized spacial score (nSPS) is 10.4. The van der Waals surface area contributed by atoms with Gasteiger partial charge in [-0.25, -0.2) is 0 Å². The van der Waals surface area contributed by atoms with Crippen molar-refractivity contribution in [2.45, 2.75) is 13.5 Å². The van der Waals surface area contributed by atoms with Gasteiger partial charge in [-0.15, -0.1) is 0 Å². The minimum Gasteiger partial charge on any atom is -0.507 e. The van der Waals surface area contributed by atoms with Gasteiger partial charge in [0.15, 0.2) is 0 Å². The van der Waals surface area contributed by atoms with E-state index in [0.29, 0.717) is 16.7 Å². The summed E-state index contributed by atoms with van der Waals surface area (Å²) in [5, 5.41) is 28.8. The molecule has 0 saturated carbocycles. The van der Waals surface area contributed by atoms with Gasteiger partial charge in [-0.05, 0) is 30.2 Å². The molecule has 19 heavy (non-hydrogen) atoms. The topological polar surface area (TPSA) is 77.8 Å². The molecule has 0 unspecified atom stereocenters. The first-order chi connectivity index (χ1) is 9.10. The molecule has 4 heteroatoms. The number of carbonyl (C=O) groups is 1. The summed E-state index contributed by atoms with van der Waals surface area (Å²) in [6.45, 7) is 1.32. The third-order valence-electron chi connectivity index (χ3n) is 3.21. The lowest BCUT2D eigenvalue weighted by Gasteiger charge is -2.13. The molecule has 0 amide bonds. The molecule has 0 heterocycles. The van der Waals surface area contributed by atoms with E-state index in [1.54, 1.807) is 31.2 Å². The number of hydrogen-bond donors (Lipinski definition) is 3. The fraction of sp³-hybridized carbons (Fsp3) is 0.133. The zero-order valence-electron chi connectivity index (χ0n) is 10.4. The molecule has 2 rings (SSSR count). The number of aliphatic hydroxyl groups excluding tert-OH is 1. The quantitative estimate of drug-likeness (QED) is 0.739. The Balaban J connectivity index is 2.69. The van der Waals surface area contributed by atoms with E-state index in [1.165, 1.54) is 6.07 Å². The highest BCUT2D eigenvalue weighted by Gasteiger charge is 2.15. The molecular formula is C15H14O4. The van der Waals surface area contributed by atoms with Crippen LogP contribution in [0.2, 0.25) is 0 Å². The molecule has 0 aromatic heterocycles. The predicted octanol–water partition coefficient (Wildman–Crippen LogP) is 2.38. The van der Waals surface area contributed by atoms with Gasteiger partial charge in [-0.2, -0.15) is 0 Å². The number of aliphatic hydroxyl groups is 1. The first-order valence-corrected chi connectivity index (χ1v) is 5.80. The van der Waals surface area contributed by atoms with E-state index in [4.69, 9.17) is 5.11 Å². The Labute approximate surface area is 110 Å². The van der Waals surface area contributed by atoms with Gasteiger partial charge in [0.1, 0.15) is 17.8 Å². The van der Waals surface area contributed by atoms with E-state index in [9.17, 15) is 15.0 Å². The summed E-state index contributed by atoms with van der Waals surface area (Å²) in [5.74, 6) is -0.332. The van der Waals surface area contributed by atoms with Crippen LogP contribution >= 0.6 is 0 Å². The van der Waals surface area contributed by atoms with Crippen LogP contribution in [-0.4, -0.2) is 21.6 Å². The number of carbonyl (C=O) groups excluding carboxylic acids is 1. The maximum absolute atomic E-state index is 10.9. The third kappa shape index (κ3) is 2.18. The number of rotatable bonds is 3. The molecule has 0 bridgehead atoms. The van der Waals surface area contributed by atoms with Crippen LogP contribution in [0.5, 0.6) is 11.5 Å². The Kier molecular flexibility index (Phi) is 3.53. The molecule has 0 aliphatic rings. The predicted molar refractivity (Wildman–Crippen MR) is 71.3 cm³/mol. The zero-order chi connectivity index (χ0) is 14.0. The van der Waals surface area contributed by atoms with Crippen molar-refractivity contribution in [1.29, 1.82) is 0 Å². The lowest BCUT2D eigenvalue weighted by atomic mass is 9.94. The number of aromatic hydroxyl groups is 2. The van der Waals surface area contributed by atoms with E-state index in [-0.39, 0.29) is 17.1 Å². The van der Waals surface area contributed by atoms with Crippen molar-refractivity contribution in [3.8, 4) is 22.6 Å². The average Bonchev–Trinajstić information content (AvgIpc) is 2.40. The standard InChI is InChI=1S/C15H14O4/c1-9-10(7-16)3-2-4-11(9)12-5-6-14(18)13(8-17)15(12)19/h2-7,17-19H,8H2,1H3. The van der Waals surface area contributed by atoms with Crippen LogP contribution in [-0.2, 0) is 6.61 Å². The number of aldehydes is 1. The molecule has 2 aromatic rings. The number of phenols is 2. The average molecular weight is 258 g/mol. The summed E-state index contributed by atoms with van der Waals surface area (Å²) in [7, 11) is 0. The number of hydrogen-bond acceptors (Lipinski definition) is 4. The molecule has 0 fully saturated rings. The van der Waals surface area contributed by atoms with Crippen molar-refractivity contribution < 1.29 is 20.1 Å². The lowest BCUT2D eigenvalue weighted by molar-refractivity contribution is 0.112. The molecule has 4 nitrogen and oxygen atoms in total. The second-order valence-electron chi connectivity index (χ2n) is 4.26. The zero-order valence-corrected chi connectivity index (χ0v) is 10.4. The van der Waals surface area contributed by atoms with E-state index >= 15 is 0 Å². The summed E-state index contributed by atoms with van der Waals surface area (Å²) in [4.78, 5) is 10.9. The van der Waals surface area contributed by atoms with Crippen LogP contribution < -0.4 is 0 Å². The monoisotopic (exact) mass is 258 g/mol. The molecule has 98 valence electrons. The van der Waals surface area contributed by atoms with Crippen LogP contribution in [0.15, 0.2) is 30.3 Å². The van der Waals surface area contributed by atoms with Crippen LogP contribution in [0.1, 0.15) is 21.5 Å². The maximum Gasteiger partial charge on any atom is 0.150 e. The van der Waals surface area contributed by atoms with Crippen molar-refractivity contribution in [3.63, 3.8) is 0 Å². The largest absolute Gasteiger partial charge is 0.507 e. The molecular weight excluding hydrogens is 244 g/mol. The van der Waals surface area contributed by atoms with E-state index < -0.39 is 6.61 Å². The highest BCUT2D eigenvalue weighted by molar-refractivity contribution is 5.84. The SMILES string of the molecule is Cc1c(C=O)cccc1-c1ccc(O)c(CO)c1O. The van der Waals surface area contributed by atoms with Crippen molar-refractivity contribution in [1.82, 2.24) is 0 Å². The molecule has 0 aliphatic heterocycles. The van der Waals surface area contributed by atoms with Gasteiger partial charge in [0.25, 0.3) is 0 Å². The Bertz CT molecular complexity index is 632. The summed E-state index contributed by atoms with van der Waals surface area (Å²) < 4.78 is 0. The second kappa shape index (κ2) is 5.12. The third-order valence-corrected chi connectivity index (χ3v) is 3.21. The molecule has 0 aliphatic carbocycles. The highest BCUT2D eigenvalue weighted by Crippen LogP contribution is 2.38. The van der Waals surface area contributed by atoms with Gasteiger partial charge in [0.05, 0.1) is 12.2 Å². The Morgan fingerprint density at radius 3 is 2.47 bits per heavy atom. The van der Waals surface area contributed by atoms with Gasteiger partial charge in [0, 0.05) is 11.1 Å². The van der Waals surface area contributed by atoms with Crippen molar-refractivity contribution in [2.75, 3.05) is 0 Å². The summed E-state index contributed by atoms with van der Waals surface area (Å²) in [5.41, 5.74) is 2.52. The van der Waals surface area contributed by atoms with E-state index in [0.717, 1.165) is 11.8 Å². The first kappa shape index (κ1) is 13.1. The fourth-order valence-corrected chi connectivity index (χ4v) is 2.07. The molecule has 2 aromatic carbocycles. The maximum atomic E-state index is 10.9. The molecule has 0 saturated heterocycles. The highest BCUT2D eigenvalue weighted by atomic mass is 16.3. The minimum absolute atomic E-state index is 0.0772. The molecule has 0 atom stereocenters. The van der Waals surface area contributed by atoms with Crippen molar-refractivity contribution in [3.05, 3.63) is 47.0 Å². The summed E-state index contributed by atoms with van der Waals surface area (Å²) in [6, 6.07) is 8.15. The van der Waals surface area contributed by atoms with Crippen molar-refractivity contribution in [2.24, 2.45) is 0 Å². The second-order valence-corrected chi connectivity index (χ2v) is 4.26. The molecule has 0 radical (unpaired) electrons. The van der Waals surface area contributed by atoms with Crippen LogP contribution in [0.4, 0.5) is 0 Å². The smallest absolute Gasteiger partial charge is 0.150 e. The van der Waals surface area contributed by atoms with Crippen molar-refractivity contribution >= 4 is 6.29 Å². The van der Waals surface area contributed by atoms with Gasteiger partial charge in [0.2, 0.25) is 0 Å². The van der Waals surface area contributed by atoms with Gasteiger partial charge in [-0.3, -0.25) is 4.79 Å². The van der Waals surface area contributed by atoms with E-state index in [2.05, 4.69) is 0 Å². The minimum atomic E-state index is -0.460. The number of benzene rings is 2. The first-order valence-electron chi connectivity index (χ1n) is 5.80. The summed E-state index contributed by atoms with van der Waals surface area (Å²) >= 11 is 0. The van der Waals surface area contributed by atoms with Gasteiger partial charge in [-0.1, -0.05) is 18.2 Å². The lowest BCUT2D eigenvalue weighted by Crippen LogP contribution is -1.93. The Morgan fingerprint density at radius 2 is 1.84 bits per heavy atom. The molecule has 3 N–H and O–H groups in total. The van der Waals surface area contributed by atoms with Crippen LogP contribution in [0.3, 0.4) is 0 Å².